The van der Waals surface area contributed by atoms with E-state index in [1.807, 2.05) is 0 Å². The highest BCUT2D eigenvalue weighted by Crippen LogP contribution is 2.39. The number of ether oxygens (including phenoxy) is 4. The lowest BCUT2D eigenvalue weighted by Crippen LogP contribution is -2.22. The fourth-order valence-electron chi connectivity index (χ4n) is 2.46. The molecule has 2 aromatic carbocycles. The molecule has 27 heavy (non-hydrogen) atoms. The first-order chi connectivity index (χ1) is 13.0. The first-order valence-corrected chi connectivity index (χ1v) is 8.05. The van der Waals surface area contributed by atoms with Crippen LogP contribution < -0.4 is 24.8 Å². The number of anilines is 2. The van der Waals surface area contributed by atoms with Gasteiger partial charge >= 0.3 is 5.97 Å². The Hall–Kier alpha value is -3.42. The van der Waals surface area contributed by atoms with Gasteiger partial charge in [-0.3, -0.25) is 4.79 Å². The van der Waals surface area contributed by atoms with Gasteiger partial charge in [0.25, 0.3) is 0 Å². The van der Waals surface area contributed by atoms with Crippen LogP contribution in [0, 0.1) is 0 Å². The van der Waals surface area contributed by atoms with Crippen LogP contribution in [-0.2, 0) is 9.53 Å². The van der Waals surface area contributed by atoms with Crippen LogP contribution in [0.3, 0.4) is 0 Å². The summed E-state index contributed by atoms with van der Waals surface area (Å²) >= 11 is 0. The molecule has 0 aliphatic heterocycles. The van der Waals surface area contributed by atoms with Crippen LogP contribution in [0.25, 0.3) is 0 Å². The van der Waals surface area contributed by atoms with Crippen molar-refractivity contribution in [3.63, 3.8) is 0 Å². The second kappa shape index (κ2) is 9.33. The number of carbonyl (C=O) groups is 2. The fraction of sp³-hybridized carbons (Fsp3) is 0.263. The number of amides is 1. The second-order valence-corrected chi connectivity index (χ2v) is 5.35. The Kier molecular flexibility index (Phi) is 6.87. The van der Waals surface area contributed by atoms with Gasteiger partial charge in [-0.2, -0.15) is 0 Å². The van der Waals surface area contributed by atoms with Crippen LogP contribution in [0.4, 0.5) is 11.4 Å². The Balaban J connectivity index is 2.10. The zero-order valence-corrected chi connectivity index (χ0v) is 15.6. The van der Waals surface area contributed by atoms with Gasteiger partial charge in [0.2, 0.25) is 11.7 Å². The van der Waals surface area contributed by atoms with Gasteiger partial charge in [0.1, 0.15) is 0 Å². The number of carbonyl (C=O) groups excluding carboxylic acids is 2. The molecule has 0 spiro atoms. The van der Waals surface area contributed by atoms with Gasteiger partial charge in [0.15, 0.2) is 11.5 Å². The van der Waals surface area contributed by atoms with Gasteiger partial charge in [-0.1, -0.05) is 12.1 Å². The smallest absolute Gasteiger partial charge is 0.339 e. The standard InChI is InChI=1S/C19H22N2O6/c1-24-15-9-12(10-16(25-2)18(15)26-3)21-17(22)11-20-14-8-6-5-7-13(14)19(23)27-4/h5-10,20H,11H2,1-4H3,(H,21,22). The molecular weight excluding hydrogens is 352 g/mol. The van der Waals surface area contributed by atoms with Gasteiger partial charge in [0.05, 0.1) is 40.5 Å². The quantitative estimate of drug-likeness (QED) is 0.686. The van der Waals surface area contributed by atoms with Crippen molar-refractivity contribution in [3.05, 3.63) is 42.0 Å². The van der Waals surface area contributed by atoms with Crippen LogP contribution in [0.15, 0.2) is 36.4 Å². The highest BCUT2D eigenvalue weighted by atomic mass is 16.5. The Morgan fingerprint density at radius 1 is 0.926 bits per heavy atom. The Bertz CT molecular complexity index is 797. The van der Waals surface area contributed by atoms with E-state index in [0.29, 0.717) is 34.2 Å². The summed E-state index contributed by atoms with van der Waals surface area (Å²) in [6.07, 6.45) is 0. The number of para-hydroxylation sites is 1. The monoisotopic (exact) mass is 374 g/mol. The zero-order chi connectivity index (χ0) is 19.8. The Labute approximate surface area is 157 Å². The van der Waals surface area contributed by atoms with E-state index in [-0.39, 0.29) is 12.5 Å². The third-order valence-electron chi connectivity index (χ3n) is 3.72. The normalized spacial score (nSPS) is 9.93. The molecule has 0 fully saturated rings. The predicted octanol–water partition coefficient (Wildman–Crippen LogP) is 2.55. The molecule has 144 valence electrons. The minimum Gasteiger partial charge on any atom is -0.493 e. The molecule has 8 nitrogen and oxygen atoms in total. The van der Waals surface area contributed by atoms with Crippen LogP contribution in [-0.4, -0.2) is 46.9 Å². The number of esters is 1. The first kappa shape index (κ1) is 19.9. The number of benzene rings is 2. The van der Waals surface area contributed by atoms with Gasteiger partial charge < -0.3 is 29.6 Å². The summed E-state index contributed by atoms with van der Waals surface area (Å²) in [6, 6.07) is 10.0. The second-order valence-electron chi connectivity index (χ2n) is 5.35. The van der Waals surface area contributed by atoms with E-state index in [1.165, 1.54) is 28.4 Å². The van der Waals surface area contributed by atoms with Crippen molar-refractivity contribution in [1.29, 1.82) is 0 Å². The van der Waals surface area contributed by atoms with Crippen molar-refractivity contribution in [2.45, 2.75) is 0 Å². The number of nitrogens with one attached hydrogen (secondary N) is 2. The van der Waals surface area contributed by atoms with Gasteiger partial charge in [-0.15, -0.1) is 0 Å². The topological polar surface area (TPSA) is 95.1 Å². The lowest BCUT2D eigenvalue weighted by atomic mass is 10.2. The third-order valence-corrected chi connectivity index (χ3v) is 3.72. The number of methoxy groups -OCH3 is 4. The van der Waals surface area contributed by atoms with Crippen molar-refractivity contribution >= 4 is 23.3 Å². The predicted molar refractivity (Wildman–Crippen MR) is 101 cm³/mol. The lowest BCUT2D eigenvalue weighted by molar-refractivity contribution is -0.114. The van der Waals surface area contributed by atoms with Gasteiger partial charge in [0, 0.05) is 23.5 Å². The highest BCUT2D eigenvalue weighted by Gasteiger charge is 2.15. The van der Waals surface area contributed by atoms with Gasteiger partial charge in [-0.05, 0) is 12.1 Å². The summed E-state index contributed by atoms with van der Waals surface area (Å²) in [5.74, 6) is 0.488. The largest absolute Gasteiger partial charge is 0.493 e. The summed E-state index contributed by atoms with van der Waals surface area (Å²) in [6.45, 7) is -0.0509. The maximum Gasteiger partial charge on any atom is 0.339 e. The van der Waals surface area contributed by atoms with Crippen LogP contribution >= 0.6 is 0 Å². The van der Waals surface area contributed by atoms with Crippen molar-refractivity contribution < 1.29 is 28.5 Å². The summed E-state index contributed by atoms with van der Waals surface area (Å²) < 4.78 is 20.5. The molecule has 0 heterocycles. The van der Waals surface area contributed by atoms with Gasteiger partial charge in [-0.25, -0.2) is 4.79 Å². The average Bonchev–Trinajstić information content (AvgIpc) is 2.70. The molecule has 2 aromatic rings. The molecule has 0 saturated carbocycles. The molecule has 2 N–H and O–H groups in total. The minimum absolute atomic E-state index is 0.0509. The molecule has 2 rings (SSSR count). The van der Waals surface area contributed by atoms with Crippen LogP contribution in [0.2, 0.25) is 0 Å². The molecule has 0 unspecified atom stereocenters. The molecular formula is C19H22N2O6. The van der Waals surface area contributed by atoms with E-state index >= 15 is 0 Å². The van der Waals surface area contributed by atoms with Crippen LogP contribution in [0.1, 0.15) is 10.4 Å². The van der Waals surface area contributed by atoms with Crippen molar-refractivity contribution in [2.24, 2.45) is 0 Å². The molecule has 0 aromatic heterocycles. The summed E-state index contributed by atoms with van der Waals surface area (Å²) in [5, 5.41) is 5.67. The lowest BCUT2D eigenvalue weighted by Gasteiger charge is -2.15. The Morgan fingerprint density at radius 2 is 1.56 bits per heavy atom. The first-order valence-electron chi connectivity index (χ1n) is 8.05. The average molecular weight is 374 g/mol. The molecule has 0 bridgehead atoms. The number of hydrogen-bond donors (Lipinski definition) is 2. The maximum atomic E-state index is 12.3. The molecule has 0 radical (unpaired) electrons. The van der Waals surface area contributed by atoms with Crippen LogP contribution in [0.5, 0.6) is 17.2 Å². The van der Waals surface area contributed by atoms with Crippen molar-refractivity contribution in [1.82, 2.24) is 0 Å². The summed E-state index contributed by atoms with van der Waals surface area (Å²) in [4.78, 5) is 24.1. The van der Waals surface area contributed by atoms with E-state index < -0.39 is 5.97 Å². The van der Waals surface area contributed by atoms with E-state index in [2.05, 4.69) is 10.6 Å². The SMILES string of the molecule is COC(=O)c1ccccc1NCC(=O)Nc1cc(OC)c(OC)c(OC)c1. The third kappa shape index (κ3) is 4.81. The van der Waals surface area contributed by atoms with Crippen molar-refractivity contribution in [2.75, 3.05) is 45.6 Å². The van der Waals surface area contributed by atoms with E-state index in [1.54, 1.807) is 36.4 Å². The summed E-state index contributed by atoms with van der Waals surface area (Å²) in [5.41, 5.74) is 1.34. The maximum absolute atomic E-state index is 12.3. The fourth-order valence-corrected chi connectivity index (χ4v) is 2.46. The van der Waals surface area contributed by atoms with E-state index in [0.717, 1.165) is 0 Å². The molecule has 0 saturated heterocycles. The number of rotatable bonds is 8. The van der Waals surface area contributed by atoms with E-state index in [4.69, 9.17) is 18.9 Å². The summed E-state index contributed by atoms with van der Waals surface area (Å²) in [7, 11) is 5.79. The number of hydrogen-bond acceptors (Lipinski definition) is 7. The minimum atomic E-state index is -0.483. The highest BCUT2D eigenvalue weighted by molar-refractivity contribution is 5.98. The Morgan fingerprint density at radius 3 is 2.11 bits per heavy atom. The molecule has 1 amide bonds. The van der Waals surface area contributed by atoms with E-state index in [9.17, 15) is 9.59 Å². The zero-order valence-electron chi connectivity index (χ0n) is 15.6. The molecule has 0 atom stereocenters. The molecule has 8 heteroatoms. The van der Waals surface area contributed by atoms with Crippen molar-refractivity contribution in [3.8, 4) is 17.2 Å². The molecule has 0 aliphatic rings. The molecule has 0 aliphatic carbocycles.